The molecule has 2 rings (SSSR count). The van der Waals surface area contributed by atoms with Gasteiger partial charge in [0.15, 0.2) is 0 Å². The lowest BCUT2D eigenvalue weighted by Crippen LogP contribution is -2.32. The second-order valence-corrected chi connectivity index (χ2v) is 5.53. The van der Waals surface area contributed by atoms with Crippen molar-refractivity contribution in [2.75, 3.05) is 18.5 Å². The topological polar surface area (TPSA) is 50.4 Å². The molecule has 0 atom stereocenters. The smallest absolute Gasteiger partial charge is 0.319 e. The van der Waals surface area contributed by atoms with Gasteiger partial charge in [0.05, 0.1) is 11.6 Å². The van der Waals surface area contributed by atoms with E-state index in [4.69, 9.17) is 27.9 Å². The van der Waals surface area contributed by atoms with Crippen molar-refractivity contribution in [3.05, 3.63) is 57.8 Å². The minimum Gasteiger partial charge on any atom is -0.490 e. The van der Waals surface area contributed by atoms with Gasteiger partial charge in [0.2, 0.25) is 0 Å². The number of carbonyl (C=O) groups excluding carboxylic acids is 1. The highest BCUT2D eigenvalue weighted by atomic mass is 35.5. The summed E-state index contributed by atoms with van der Waals surface area (Å²) in [5, 5.41) is 6.11. The van der Waals surface area contributed by atoms with Gasteiger partial charge in [-0.15, -0.1) is 0 Å². The summed E-state index contributed by atoms with van der Waals surface area (Å²) in [5.74, 6) is -0.0716. The first-order chi connectivity index (χ1) is 11.0. The van der Waals surface area contributed by atoms with E-state index in [9.17, 15) is 9.18 Å². The van der Waals surface area contributed by atoms with Gasteiger partial charge in [-0.05, 0) is 42.8 Å². The number of halogens is 3. The van der Waals surface area contributed by atoms with E-state index in [1.807, 2.05) is 6.92 Å². The molecule has 122 valence electrons. The predicted molar refractivity (Wildman–Crippen MR) is 90.1 cm³/mol. The summed E-state index contributed by atoms with van der Waals surface area (Å²) < 4.78 is 18.3. The van der Waals surface area contributed by atoms with Gasteiger partial charge < -0.3 is 15.4 Å². The van der Waals surface area contributed by atoms with Crippen molar-refractivity contribution in [1.82, 2.24) is 5.32 Å². The maximum atomic E-state index is 12.9. The number of benzene rings is 2. The van der Waals surface area contributed by atoms with Gasteiger partial charge in [-0.3, -0.25) is 0 Å². The van der Waals surface area contributed by atoms with E-state index in [1.54, 1.807) is 18.2 Å². The molecule has 0 heterocycles. The molecule has 23 heavy (non-hydrogen) atoms. The number of urea groups is 1. The monoisotopic (exact) mass is 356 g/mol. The van der Waals surface area contributed by atoms with Crippen molar-refractivity contribution in [3.63, 3.8) is 0 Å². The average Bonchev–Trinajstić information content (AvgIpc) is 2.50. The number of amides is 2. The molecule has 4 nitrogen and oxygen atoms in total. The first kappa shape index (κ1) is 17.4. The summed E-state index contributed by atoms with van der Waals surface area (Å²) in [6, 6.07) is 8.75. The molecule has 0 radical (unpaired) electrons. The molecule has 2 N–H and O–H groups in total. The van der Waals surface area contributed by atoms with Gasteiger partial charge in [0, 0.05) is 10.7 Å². The van der Waals surface area contributed by atoms with E-state index in [-0.39, 0.29) is 24.2 Å². The van der Waals surface area contributed by atoms with Crippen LogP contribution in [0, 0.1) is 12.7 Å². The summed E-state index contributed by atoms with van der Waals surface area (Å²) >= 11 is 11.8. The molecule has 0 aliphatic carbocycles. The average molecular weight is 357 g/mol. The zero-order chi connectivity index (χ0) is 16.8. The predicted octanol–water partition coefficient (Wildman–Crippen LogP) is 4.64. The minimum atomic E-state index is -0.434. The van der Waals surface area contributed by atoms with E-state index >= 15 is 0 Å². The number of ether oxygens (including phenoxy) is 1. The molecule has 0 saturated heterocycles. The number of nitrogens with one attached hydrogen (secondary N) is 2. The molecule has 0 aromatic heterocycles. The van der Waals surface area contributed by atoms with E-state index in [2.05, 4.69) is 10.6 Å². The highest BCUT2D eigenvalue weighted by Crippen LogP contribution is 2.24. The number of hydrogen-bond donors (Lipinski definition) is 2. The van der Waals surface area contributed by atoms with E-state index in [1.165, 1.54) is 18.2 Å². The zero-order valence-corrected chi connectivity index (χ0v) is 13.8. The lowest BCUT2D eigenvalue weighted by atomic mass is 10.2. The molecule has 7 heteroatoms. The standard InChI is InChI=1S/C16H15Cl2FN2O2/c1-10-12(17)3-2-4-14(10)21-16(22)20-7-8-23-15-6-5-11(19)9-13(15)18/h2-6,9H,7-8H2,1H3,(H2,20,21,22). The van der Waals surface area contributed by atoms with E-state index in [0.717, 1.165) is 5.56 Å². The van der Waals surface area contributed by atoms with Crippen molar-refractivity contribution in [3.8, 4) is 5.75 Å². The highest BCUT2D eigenvalue weighted by Gasteiger charge is 2.07. The van der Waals surface area contributed by atoms with Crippen LogP contribution in [0.3, 0.4) is 0 Å². The van der Waals surface area contributed by atoms with Crippen LogP contribution >= 0.6 is 23.2 Å². The Morgan fingerprint density at radius 3 is 2.74 bits per heavy atom. The highest BCUT2D eigenvalue weighted by molar-refractivity contribution is 6.32. The van der Waals surface area contributed by atoms with Crippen molar-refractivity contribution >= 4 is 34.9 Å². The lowest BCUT2D eigenvalue weighted by Gasteiger charge is -2.11. The Balaban J connectivity index is 1.78. The molecule has 0 spiro atoms. The summed E-state index contributed by atoms with van der Waals surface area (Å²) in [6.07, 6.45) is 0. The maximum absolute atomic E-state index is 12.9. The quantitative estimate of drug-likeness (QED) is 0.766. The van der Waals surface area contributed by atoms with Gasteiger partial charge in [0.1, 0.15) is 18.2 Å². The Kier molecular flexibility index (Phi) is 6.07. The Labute approximate surface area is 143 Å². The molecule has 0 fully saturated rings. The third kappa shape index (κ3) is 5.01. The number of carbonyl (C=O) groups is 1. The molecule has 2 amide bonds. The summed E-state index contributed by atoms with van der Waals surface area (Å²) in [4.78, 5) is 11.8. The number of anilines is 1. The summed E-state index contributed by atoms with van der Waals surface area (Å²) in [5.41, 5.74) is 1.43. The normalized spacial score (nSPS) is 10.3. The Morgan fingerprint density at radius 1 is 1.22 bits per heavy atom. The third-order valence-corrected chi connectivity index (χ3v) is 3.76. The van der Waals surface area contributed by atoms with E-state index < -0.39 is 5.82 Å². The fraction of sp³-hybridized carbons (Fsp3) is 0.188. The molecule has 0 bridgehead atoms. The van der Waals surface area contributed by atoms with Gasteiger partial charge in [-0.1, -0.05) is 29.3 Å². The maximum Gasteiger partial charge on any atom is 0.319 e. The molecular formula is C16H15Cl2FN2O2. The molecule has 0 aliphatic rings. The van der Waals surface area contributed by atoms with Crippen LogP contribution in [0.2, 0.25) is 10.0 Å². The summed E-state index contributed by atoms with van der Waals surface area (Å²) in [6.45, 7) is 2.28. The first-order valence-electron chi connectivity index (χ1n) is 6.85. The number of rotatable bonds is 5. The van der Waals surface area contributed by atoms with Crippen LogP contribution in [0.25, 0.3) is 0 Å². The Hall–Kier alpha value is -1.98. The van der Waals surface area contributed by atoms with Gasteiger partial charge in [-0.2, -0.15) is 0 Å². The van der Waals surface area contributed by atoms with Crippen LogP contribution in [0.1, 0.15) is 5.56 Å². The van der Waals surface area contributed by atoms with Crippen LogP contribution in [-0.4, -0.2) is 19.2 Å². The van der Waals surface area contributed by atoms with Crippen molar-refractivity contribution in [2.24, 2.45) is 0 Å². The Bertz CT molecular complexity index is 710. The zero-order valence-electron chi connectivity index (χ0n) is 12.3. The van der Waals surface area contributed by atoms with Crippen molar-refractivity contribution in [2.45, 2.75) is 6.92 Å². The molecule has 2 aromatic carbocycles. The molecule has 2 aromatic rings. The lowest BCUT2D eigenvalue weighted by molar-refractivity contribution is 0.247. The van der Waals surface area contributed by atoms with Crippen molar-refractivity contribution < 1.29 is 13.9 Å². The summed E-state index contributed by atoms with van der Waals surface area (Å²) in [7, 11) is 0. The van der Waals surface area contributed by atoms with Crippen LogP contribution in [0.15, 0.2) is 36.4 Å². The fourth-order valence-electron chi connectivity index (χ4n) is 1.83. The van der Waals surface area contributed by atoms with Crippen LogP contribution in [-0.2, 0) is 0 Å². The fourth-order valence-corrected chi connectivity index (χ4v) is 2.22. The van der Waals surface area contributed by atoms with Crippen LogP contribution < -0.4 is 15.4 Å². The van der Waals surface area contributed by atoms with E-state index in [0.29, 0.717) is 16.5 Å². The van der Waals surface area contributed by atoms with Gasteiger partial charge >= 0.3 is 6.03 Å². The largest absolute Gasteiger partial charge is 0.490 e. The van der Waals surface area contributed by atoms with Crippen molar-refractivity contribution in [1.29, 1.82) is 0 Å². The third-order valence-electron chi connectivity index (χ3n) is 3.06. The van der Waals surface area contributed by atoms with Crippen LogP contribution in [0.5, 0.6) is 5.75 Å². The minimum absolute atomic E-state index is 0.184. The first-order valence-corrected chi connectivity index (χ1v) is 7.61. The van der Waals surface area contributed by atoms with Gasteiger partial charge in [-0.25, -0.2) is 9.18 Å². The molecular weight excluding hydrogens is 342 g/mol. The second-order valence-electron chi connectivity index (χ2n) is 4.72. The number of hydrogen-bond acceptors (Lipinski definition) is 2. The SMILES string of the molecule is Cc1c(Cl)cccc1NC(=O)NCCOc1ccc(F)cc1Cl. The molecule has 0 unspecified atom stereocenters. The van der Waals surface area contributed by atoms with Gasteiger partial charge in [0.25, 0.3) is 0 Å². The molecule has 0 saturated carbocycles. The second kappa shape index (κ2) is 8.04. The van der Waals surface area contributed by atoms with Crippen LogP contribution in [0.4, 0.5) is 14.9 Å². The molecule has 0 aliphatic heterocycles. The Morgan fingerprint density at radius 2 is 2.00 bits per heavy atom.